The minimum absolute atomic E-state index is 0.0920. The van der Waals surface area contributed by atoms with Crippen LogP contribution < -0.4 is 15.0 Å². The van der Waals surface area contributed by atoms with E-state index < -0.39 is 5.82 Å². The molecule has 1 aromatic heterocycles. The number of benzene rings is 1. The van der Waals surface area contributed by atoms with Crippen LogP contribution in [0.2, 0.25) is 0 Å². The van der Waals surface area contributed by atoms with E-state index in [1.165, 1.54) is 18.7 Å². The lowest BCUT2D eigenvalue weighted by Gasteiger charge is -2.33. The number of rotatable bonds is 11. The van der Waals surface area contributed by atoms with Crippen molar-refractivity contribution >= 4 is 17.5 Å². The molecule has 1 atom stereocenters. The van der Waals surface area contributed by atoms with Crippen molar-refractivity contribution in [3.63, 3.8) is 0 Å². The third-order valence-electron chi connectivity index (χ3n) is 6.82. The summed E-state index contributed by atoms with van der Waals surface area (Å²) in [5.74, 6) is 0.635. The molecule has 2 aliphatic rings. The van der Waals surface area contributed by atoms with E-state index in [1.807, 2.05) is 20.0 Å². The van der Waals surface area contributed by atoms with E-state index >= 15 is 0 Å². The van der Waals surface area contributed by atoms with Gasteiger partial charge in [-0.15, -0.1) is 0 Å². The van der Waals surface area contributed by atoms with Crippen LogP contribution in [0.3, 0.4) is 0 Å². The zero-order valence-electron chi connectivity index (χ0n) is 21.6. The van der Waals surface area contributed by atoms with E-state index in [2.05, 4.69) is 33.4 Å². The molecule has 0 saturated carbocycles. The lowest BCUT2D eigenvalue weighted by atomic mass is 10.0. The number of esters is 1. The number of halogens is 1. The molecule has 1 unspecified atom stereocenters. The molecule has 0 spiro atoms. The van der Waals surface area contributed by atoms with Crippen LogP contribution in [0.1, 0.15) is 56.7 Å². The number of aryl methyl sites for hydroxylation is 2. The monoisotopic (exact) mass is 496 g/mol. The van der Waals surface area contributed by atoms with Crippen LogP contribution in [0.4, 0.5) is 15.9 Å². The zero-order chi connectivity index (χ0) is 25.5. The number of hydrogen-bond donors (Lipinski definition) is 1. The van der Waals surface area contributed by atoms with Gasteiger partial charge >= 0.3 is 5.97 Å². The minimum atomic E-state index is -0.403. The standard InChI is InChI=1S/C28H37FN4O3/c1-4-36-27(34)16-15-26-32(2)19-23(33(26)22-13-14-25(35-3)24(29)18-22)10-6-5-9-21-12-11-20-8-7-17-30-28(20)31-21/h11-14,18-19,26H,4-10,15-17H2,1-3H3,(H,30,31). The summed E-state index contributed by atoms with van der Waals surface area (Å²) in [5, 5.41) is 3.41. The Morgan fingerprint density at radius 3 is 2.83 bits per heavy atom. The predicted octanol–water partition coefficient (Wildman–Crippen LogP) is 5.26. The number of unbranched alkanes of at least 4 members (excludes halogenated alkanes) is 1. The maximum absolute atomic E-state index is 14.6. The number of methoxy groups -OCH3 is 1. The first-order chi connectivity index (χ1) is 17.5. The van der Waals surface area contributed by atoms with Gasteiger partial charge in [-0.25, -0.2) is 9.37 Å². The summed E-state index contributed by atoms with van der Waals surface area (Å²) < 4.78 is 24.9. The fourth-order valence-electron chi connectivity index (χ4n) is 5.02. The molecular weight excluding hydrogens is 459 g/mol. The zero-order valence-corrected chi connectivity index (χ0v) is 21.6. The number of fused-ring (bicyclic) bond motifs is 1. The number of allylic oxidation sites excluding steroid dienone is 1. The summed E-state index contributed by atoms with van der Waals surface area (Å²) in [5.41, 5.74) is 4.28. The molecule has 0 amide bonds. The van der Waals surface area contributed by atoms with Crippen LogP contribution in [0.5, 0.6) is 5.75 Å². The van der Waals surface area contributed by atoms with Crippen LogP contribution in [0.15, 0.2) is 42.2 Å². The highest BCUT2D eigenvalue weighted by Crippen LogP contribution is 2.35. The quantitative estimate of drug-likeness (QED) is 0.336. The van der Waals surface area contributed by atoms with E-state index in [4.69, 9.17) is 14.5 Å². The second-order valence-corrected chi connectivity index (χ2v) is 9.35. The molecule has 2 aliphatic heterocycles. The molecule has 0 bridgehead atoms. The van der Waals surface area contributed by atoms with Crippen molar-refractivity contribution in [3.8, 4) is 5.75 Å². The fraction of sp³-hybridized carbons (Fsp3) is 0.500. The normalized spacial score (nSPS) is 16.9. The van der Waals surface area contributed by atoms with Crippen LogP contribution >= 0.6 is 0 Å². The van der Waals surface area contributed by atoms with E-state index in [9.17, 15) is 9.18 Å². The molecule has 194 valence electrons. The number of nitrogens with zero attached hydrogens (tertiary/aromatic N) is 3. The molecular formula is C28H37FN4O3. The number of carbonyl (C=O) groups is 1. The van der Waals surface area contributed by atoms with Crippen molar-refractivity contribution in [2.24, 2.45) is 0 Å². The maximum atomic E-state index is 14.6. The summed E-state index contributed by atoms with van der Waals surface area (Å²) in [6, 6.07) is 9.38. The Bertz CT molecular complexity index is 1090. The van der Waals surface area contributed by atoms with Gasteiger partial charge in [0.2, 0.25) is 0 Å². The van der Waals surface area contributed by atoms with Gasteiger partial charge in [0.1, 0.15) is 12.0 Å². The Balaban J connectivity index is 1.42. The van der Waals surface area contributed by atoms with Crippen molar-refractivity contribution in [1.82, 2.24) is 9.88 Å². The van der Waals surface area contributed by atoms with E-state index in [0.29, 0.717) is 19.4 Å². The van der Waals surface area contributed by atoms with Crippen LogP contribution in [-0.2, 0) is 22.4 Å². The Kier molecular flexibility index (Phi) is 8.67. The molecule has 4 rings (SSSR count). The number of anilines is 2. The SMILES string of the molecule is CCOC(=O)CCC1N(C)C=C(CCCCc2ccc3c(n2)NCCC3)N1c1ccc(OC)c(F)c1. The van der Waals surface area contributed by atoms with Crippen LogP contribution in [0, 0.1) is 5.82 Å². The number of carbonyl (C=O) groups excluding carboxylic acids is 1. The van der Waals surface area contributed by atoms with Crippen LogP contribution in [-0.4, -0.2) is 49.3 Å². The van der Waals surface area contributed by atoms with Gasteiger partial charge < -0.3 is 24.6 Å². The first kappa shape index (κ1) is 25.8. The van der Waals surface area contributed by atoms with E-state index in [-0.39, 0.29) is 17.9 Å². The van der Waals surface area contributed by atoms with Gasteiger partial charge in [0.25, 0.3) is 0 Å². The van der Waals surface area contributed by atoms with Crippen molar-refractivity contribution < 1.29 is 18.7 Å². The molecule has 0 fully saturated rings. The number of hydrogen-bond acceptors (Lipinski definition) is 7. The highest BCUT2D eigenvalue weighted by atomic mass is 19.1. The Labute approximate surface area is 213 Å². The topological polar surface area (TPSA) is 66.9 Å². The van der Waals surface area contributed by atoms with Gasteiger partial charge in [-0.3, -0.25) is 4.79 Å². The summed E-state index contributed by atoms with van der Waals surface area (Å²) in [6.07, 6.45) is 8.90. The van der Waals surface area contributed by atoms with Gasteiger partial charge in [-0.05, 0) is 75.6 Å². The average Bonchev–Trinajstić information content (AvgIpc) is 3.20. The van der Waals surface area contributed by atoms with E-state index in [0.717, 1.165) is 68.0 Å². The van der Waals surface area contributed by atoms with Crippen molar-refractivity contribution in [2.45, 2.75) is 64.5 Å². The van der Waals surface area contributed by atoms with Gasteiger partial charge in [-0.1, -0.05) is 6.07 Å². The lowest BCUT2D eigenvalue weighted by Crippen LogP contribution is -2.38. The number of ether oxygens (including phenoxy) is 2. The van der Waals surface area contributed by atoms with Crippen molar-refractivity contribution in [1.29, 1.82) is 0 Å². The first-order valence-electron chi connectivity index (χ1n) is 12.9. The lowest BCUT2D eigenvalue weighted by molar-refractivity contribution is -0.143. The number of nitrogens with one attached hydrogen (secondary N) is 1. The minimum Gasteiger partial charge on any atom is -0.494 e. The number of pyridine rings is 1. The first-order valence-corrected chi connectivity index (χ1v) is 12.9. The van der Waals surface area contributed by atoms with Gasteiger partial charge in [-0.2, -0.15) is 0 Å². The molecule has 0 aliphatic carbocycles. The summed E-state index contributed by atoms with van der Waals surface area (Å²) >= 11 is 0. The second kappa shape index (κ2) is 12.1. The van der Waals surface area contributed by atoms with Gasteiger partial charge in [0, 0.05) is 49.4 Å². The largest absolute Gasteiger partial charge is 0.494 e. The smallest absolute Gasteiger partial charge is 0.305 e. The Morgan fingerprint density at radius 2 is 2.06 bits per heavy atom. The second-order valence-electron chi connectivity index (χ2n) is 9.35. The maximum Gasteiger partial charge on any atom is 0.305 e. The van der Waals surface area contributed by atoms with Crippen molar-refractivity contribution in [2.75, 3.05) is 37.5 Å². The molecule has 1 aromatic carbocycles. The third-order valence-corrected chi connectivity index (χ3v) is 6.82. The molecule has 8 heteroatoms. The summed E-state index contributed by atoms with van der Waals surface area (Å²) in [4.78, 5) is 21.1. The molecule has 1 N–H and O–H groups in total. The highest BCUT2D eigenvalue weighted by Gasteiger charge is 2.32. The van der Waals surface area contributed by atoms with Crippen molar-refractivity contribution in [3.05, 3.63) is 59.3 Å². The molecule has 7 nitrogen and oxygen atoms in total. The summed E-state index contributed by atoms with van der Waals surface area (Å²) in [6.45, 7) is 3.16. The third kappa shape index (κ3) is 6.09. The molecule has 3 heterocycles. The van der Waals surface area contributed by atoms with E-state index in [1.54, 1.807) is 6.07 Å². The Morgan fingerprint density at radius 1 is 1.22 bits per heavy atom. The van der Waals surface area contributed by atoms with Gasteiger partial charge in [0.15, 0.2) is 11.6 Å². The Hall–Kier alpha value is -3.29. The fourth-order valence-corrected chi connectivity index (χ4v) is 5.02. The predicted molar refractivity (Wildman–Crippen MR) is 140 cm³/mol. The molecule has 0 saturated heterocycles. The van der Waals surface area contributed by atoms with Crippen LogP contribution in [0.25, 0.3) is 0 Å². The average molecular weight is 497 g/mol. The molecule has 36 heavy (non-hydrogen) atoms. The summed E-state index contributed by atoms with van der Waals surface area (Å²) in [7, 11) is 3.46. The van der Waals surface area contributed by atoms with Gasteiger partial charge in [0.05, 0.1) is 13.7 Å². The molecule has 0 radical (unpaired) electrons. The highest BCUT2D eigenvalue weighted by molar-refractivity contribution is 5.69. The number of aromatic nitrogens is 1. The molecule has 2 aromatic rings.